The number of benzene rings is 3. The third kappa shape index (κ3) is 4.94. The summed E-state index contributed by atoms with van der Waals surface area (Å²) in [4.78, 5) is 24.1. The molecule has 0 aromatic heterocycles. The van der Waals surface area contributed by atoms with Crippen molar-refractivity contribution in [1.82, 2.24) is 5.32 Å². The van der Waals surface area contributed by atoms with Crippen molar-refractivity contribution >= 4 is 28.3 Å². The Bertz CT molecular complexity index is 941. The summed E-state index contributed by atoms with van der Waals surface area (Å²) in [7, 11) is 0. The minimum absolute atomic E-state index is 0.00820. The van der Waals surface area contributed by atoms with Crippen LogP contribution in [0.4, 0.5) is 5.69 Å². The maximum absolute atomic E-state index is 12.3. The molecule has 0 unspecified atom stereocenters. The van der Waals surface area contributed by atoms with Gasteiger partial charge in [0.05, 0.1) is 6.42 Å². The number of rotatable bonds is 6. The maximum Gasteiger partial charge on any atom is 0.226 e. The van der Waals surface area contributed by atoms with Gasteiger partial charge in [-0.3, -0.25) is 9.59 Å². The van der Waals surface area contributed by atoms with Crippen molar-refractivity contribution in [2.75, 3.05) is 5.32 Å². The molecule has 0 atom stereocenters. The molecule has 0 aliphatic heterocycles. The van der Waals surface area contributed by atoms with Crippen LogP contribution >= 0.6 is 0 Å². The molecule has 2 amide bonds. The number of anilines is 1. The summed E-state index contributed by atoms with van der Waals surface area (Å²) in [5.41, 5.74) is 2.78. The van der Waals surface area contributed by atoms with E-state index >= 15 is 0 Å². The molecule has 0 saturated carbocycles. The summed E-state index contributed by atoms with van der Waals surface area (Å²) in [6, 6.07) is 21.6. The van der Waals surface area contributed by atoms with E-state index in [0.29, 0.717) is 13.0 Å². The van der Waals surface area contributed by atoms with Crippen molar-refractivity contribution in [3.8, 4) is 0 Å². The smallest absolute Gasteiger partial charge is 0.226 e. The Morgan fingerprint density at radius 3 is 2.33 bits per heavy atom. The Morgan fingerprint density at radius 1 is 0.889 bits per heavy atom. The van der Waals surface area contributed by atoms with E-state index in [4.69, 9.17) is 0 Å². The fraction of sp³-hybridized carbons (Fsp3) is 0.217. The van der Waals surface area contributed by atoms with E-state index in [9.17, 15) is 9.59 Å². The van der Waals surface area contributed by atoms with Gasteiger partial charge >= 0.3 is 0 Å². The lowest BCUT2D eigenvalue weighted by Gasteiger charge is -2.10. The maximum atomic E-state index is 12.3. The van der Waals surface area contributed by atoms with Crippen LogP contribution in [0, 0.1) is 5.92 Å². The van der Waals surface area contributed by atoms with Crippen LogP contribution in [0.25, 0.3) is 10.8 Å². The van der Waals surface area contributed by atoms with Gasteiger partial charge < -0.3 is 10.6 Å². The van der Waals surface area contributed by atoms with E-state index in [2.05, 4.69) is 22.8 Å². The quantitative estimate of drug-likeness (QED) is 0.689. The normalized spacial score (nSPS) is 10.8. The molecule has 0 fully saturated rings. The molecule has 0 radical (unpaired) electrons. The number of fused-ring (bicyclic) bond motifs is 1. The van der Waals surface area contributed by atoms with Gasteiger partial charge in [-0.2, -0.15) is 0 Å². The molecule has 0 saturated heterocycles. The predicted molar refractivity (Wildman–Crippen MR) is 109 cm³/mol. The van der Waals surface area contributed by atoms with Gasteiger partial charge in [0, 0.05) is 18.2 Å². The second-order valence-electron chi connectivity index (χ2n) is 6.93. The molecule has 138 valence electrons. The van der Waals surface area contributed by atoms with Gasteiger partial charge in [0.2, 0.25) is 11.8 Å². The topological polar surface area (TPSA) is 58.2 Å². The van der Waals surface area contributed by atoms with Crippen LogP contribution in [0.5, 0.6) is 0 Å². The Morgan fingerprint density at radius 2 is 1.59 bits per heavy atom. The molecule has 3 aromatic carbocycles. The second kappa shape index (κ2) is 8.49. The summed E-state index contributed by atoms with van der Waals surface area (Å²) in [6.45, 7) is 4.17. The Hall–Kier alpha value is -3.14. The van der Waals surface area contributed by atoms with E-state index in [1.807, 2.05) is 68.4 Å². The summed E-state index contributed by atoms with van der Waals surface area (Å²) in [5.74, 6) is -0.0762. The van der Waals surface area contributed by atoms with Crippen LogP contribution in [0.1, 0.15) is 25.0 Å². The van der Waals surface area contributed by atoms with E-state index in [1.54, 1.807) is 0 Å². The first-order valence-electron chi connectivity index (χ1n) is 9.16. The van der Waals surface area contributed by atoms with E-state index < -0.39 is 0 Å². The van der Waals surface area contributed by atoms with Crippen LogP contribution in [0.2, 0.25) is 0 Å². The van der Waals surface area contributed by atoms with Crippen molar-refractivity contribution in [2.24, 2.45) is 5.92 Å². The van der Waals surface area contributed by atoms with Crippen LogP contribution < -0.4 is 10.6 Å². The Balaban J connectivity index is 1.57. The van der Waals surface area contributed by atoms with E-state index in [-0.39, 0.29) is 17.7 Å². The van der Waals surface area contributed by atoms with E-state index in [1.165, 1.54) is 0 Å². The molecule has 0 heterocycles. The number of nitrogens with one attached hydrogen (secondary N) is 2. The first-order chi connectivity index (χ1) is 13.0. The summed E-state index contributed by atoms with van der Waals surface area (Å²) in [5, 5.41) is 8.07. The first-order valence-corrected chi connectivity index (χ1v) is 9.16. The van der Waals surface area contributed by atoms with Gasteiger partial charge in [-0.1, -0.05) is 68.4 Å². The number of carbonyl (C=O) groups is 2. The molecule has 0 aliphatic rings. The summed E-state index contributed by atoms with van der Waals surface area (Å²) < 4.78 is 0. The summed E-state index contributed by atoms with van der Waals surface area (Å²) in [6.07, 6.45) is 0.351. The average Bonchev–Trinajstić information content (AvgIpc) is 2.67. The molecule has 4 heteroatoms. The first kappa shape index (κ1) is 18.6. The highest BCUT2D eigenvalue weighted by molar-refractivity contribution is 5.92. The van der Waals surface area contributed by atoms with Gasteiger partial charge in [0.25, 0.3) is 0 Å². The van der Waals surface area contributed by atoms with Crippen LogP contribution in [0.15, 0.2) is 66.7 Å². The fourth-order valence-corrected chi connectivity index (χ4v) is 2.88. The highest BCUT2D eigenvalue weighted by Gasteiger charge is 2.08. The predicted octanol–water partition coefficient (Wildman–Crippen LogP) is 4.29. The second-order valence-corrected chi connectivity index (χ2v) is 6.93. The summed E-state index contributed by atoms with van der Waals surface area (Å²) >= 11 is 0. The van der Waals surface area contributed by atoms with Gasteiger partial charge in [-0.15, -0.1) is 0 Å². The Kier molecular flexibility index (Phi) is 5.87. The van der Waals surface area contributed by atoms with Gasteiger partial charge in [0.15, 0.2) is 0 Å². The number of hydrogen-bond donors (Lipinski definition) is 2. The SMILES string of the molecule is CC(C)C(=O)Nc1ccc(CNC(=O)Cc2cccc3ccccc23)cc1. The highest BCUT2D eigenvalue weighted by atomic mass is 16.2. The number of carbonyl (C=O) groups excluding carboxylic acids is 2. The monoisotopic (exact) mass is 360 g/mol. The lowest BCUT2D eigenvalue weighted by atomic mass is 10.0. The van der Waals surface area contributed by atoms with Gasteiger partial charge in [-0.25, -0.2) is 0 Å². The molecule has 3 aromatic rings. The molecule has 4 nitrogen and oxygen atoms in total. The molecular formula is C23H24N2O2. The zero-order valence-corrected chi connectivity index (χ0v) is 15.7. The van der Waals surface area contributed by atoms with Crippen molar-refractivity contribution in [3.05, 3.63) is 77.9 Å². The largest absolute Gasteiger partial charge is 0.352 e. The number of amides is 2. The molecule has 2 N–H and O–H groups in total. The minimum atomic E-state index is -0.0574. The van der Waals surface area contributed by atoms with Crippen molar-refractivity contribution in [1.29, 1.82) is 0 Å². The third-order valence-electron chi connectivity index (χ3n) is 4.47. The average molecular weight is 360 g/mol. The van der Waals surface area contributed by atoms with Crippen molar-refractivity contribution in [3.63, 3.8) is 0 Å². The van der Waals surface area contributed by atoms with Gasteiger partial charge in [0.1, 0.15) is 0 Å². The van der Waals surface area contributed by atoms with Crippen molar-refractivity contribution in [2.45, 2.75) is 26.8 Å². The number of hydrogen-bond acceptors (Lipinski definition) is 2. The molecule has 0 bridgehead atoms. The molecule has 0 spiro atoms. The lowest BCUT2D eigenvalue weighted by molar-refractivity contribution is -0.120. The highest BCUT2D eigenvalue weighted by Crippen LogP contribution is 2.19. The lowest BCUT2D eigenvalue weighted by Crippen LogP contribution is -2.24. The van der Waals surface area contributed by atoms with Crippen LogP contribution in [0.3, 0.4) is 0 Å². The van der Waals surface area contributed by atoms with Gasteiger partial charge in [-0.05, 0) is 34.0 Å². The molecule has 27 heavy (non-hydrogen) atoms. The molecule has 3 rings (SSSR count). The molecule has 0 aliphatic carbocycles. The fourth-order valence-electron chi connectivity index (χ4n) is 2.88. The standard InChI is InChI=1S/C23H24N2O2/c1-16(2)23(27)25-20-12-10-17(11-13-20)15-24-22(26)14-19-8-5-7-18-6-3-4-9-21(18)19/h3-13,16H,14-15H2,1-2H3,(H,24,26)(H,25,27). The minimum Gasteiger partial charge on any atom is -0.352 e. The Labute approximate surface area is 159 Å². The van der Waals surface area contributed by atoms with E-state index in [0.717, 1.165) is 27.6 Å². The van der Waals surface area contributed by atoms with Crippen LogP contribution in [-0.2, 0) is 22.6 Å². The van der Waals surface area contributed by atoms with Crippen LogP contribution in [-0.4, -0.2) is 11.8 Å². The molecular weight excluding hydrogens is 336 g/mol. The van der Waals surface area contributed by atoms with Crippen molar-refractivity contribution < 1.29 is 9.59 Å². The zero-order valence-electron chi connectivity index (χ0n) is 15.7. The zero-order chi connectivity index (χ0) is 19.2. The third-order valence-corrected chi connectivity index (χ3v) is 4.47.